The lowest BCUT2D eigenvalue weighted by Gasteiger charge is -2.26. The van der Waals surface area contributed by atoms with Crippen molar-refractivity contribution in [3.8, 4) is 0 Å². The second-order valence-corrected chi connectivity index (χ2v) is 3.28. The molecule has 0 aromatic rings. The Morgan fingerprint density at radius 1 is 1.64 bits per heavy atom. The summed E-state index contributed by atoms with van der Waals surface area (Å²) >= 11 is 5.36. The first-order valence-electron chi connectivity index (χ1n) is 3.58. The number of nitrogens with zero attached hydrogens (tertiary/aromatic N) is 1. The van der Waals surface area contributed by atoms with E-state index >= 15 is 0 Å². The van der Waals surface area contributed by atoms with Crippen LogP contribution in [0.15, 0.2) is 0 Å². The van der Waals surface area contributed by atoms with E-state index in [-0.39, 0.29) is 23.6 Å². The van der Waals surface area contributed by atoms with Gasteiger partial charge in [-0.1, -0.05) is 0 Å². The molecular formula is C7H13Cl2NO. The van der Waals surface area contributed by atoms with Gasteiger partial charge >= 0.3 is 0 Å². The van der Waals surface area contributed by atoms with Crippen LogP contribution in [0.5, 0.6) is 0 Å². The van der Waals surface area contributed by atoms with Crippen molar-refractivity contribution in [2.24, 2.45) is 5.92 Å². The van der Waals surface area contributed by atoms with Crippen LogP contribution in [-0.2, 0) is 4.79 Å². The van der Waals surface area contributed by atoms with Gasteiger partial charge < -0.3 is 4.90 Å². The average molecular weight is 198 g/mol. The molecule has 1 fully saturated rings. The first-order valence-corrected chi connectivity index (χ1v) is 3.96. The van der Waals surface area contributed by atoms with E-state index in [1.54, 1.807) is 0 Å². The largest absolute Gasteiger partial charge is 0.306 e. The molecule has 1 unspecified atom stereocenters. The van der Waals surface area contributed by atoms with E-state index in [0.717, 1.165) is 25.9 Å². The molecule has 1 saturated heterocycles. The maximum Gasteiger partial charge on any atom is 0.226 e. The zero-order valence-electron chi connectivity index (χ0n) is 6.55. The zero-order chi connectivity index (χ0) is 7.56. The van der Waals surface area contributed by atoms with E-state index in [9.17, 15) is 4.79 Å². The van der Waals surface area contributed by atoms with Gasteiger partial charge in [-0.05, 0) is 38.0 Å². The number of carbonyl (C=O) groups is 1. The minimum Gasteiger partial charge on any atom is -0.306 e. The molecule has 1 aliphatic rings. The van der Waals surface area contributed by atoms with Gasteiger partial charge in [-0.25, -0.2) is 0 Å². The number of carbonyl (C=O) groups excluding carboxylic acids is 1. The minimum atomic E-state index is -0.174. The van der Waals surface area contributed by atoms with E-state index in [2.05, 4.69) is 4.90 Å². The fraction of sp³-hybridized carbons (Fsp3) is 0.857. The first-order chi connectivity index (χ1) is 4.70. The molecule has 0 amide bonds. The second kappa shape index (κ2) is 4.96. The van der Waals surface area contributed by atoms with Crippen LogP contribution in [0.25, 0.3) is 0 Å². The lowest BCUT2D eigenvalue weighted by molar-refractivity contribution is -0.116. The summed E-state index contributed by atoms with van der Waals surface area (Å²) in [5.74, 6) is 0.0837. The monoisotopic (exact) mass is 197 g/mol. The third-order valence-electron chi connectivity index (χ3n) is 1.95. The van der Waals surface area contributed by atoms with Crippen LogP contribution in [0.4, 0.5) is 0 Å². The lowest BCUT2D eigenvalue weighted by Crippen LogP contribution is -2.34. The van der Waals surface area contributed by atoms with Crippen LogP contribution in [0.2, 0.25) is 0 Å². The number of rotatable bonds is 1. The van der Waals surface area contributed by atoms with Crippen LogP contribution < -0.4 is 0 Å². The smallest absolute Gasteiger partial charge is 0.226 e. The predicted molar refractivity (Wildman–Crippen MR) is 48.3 cm³/mol. The maximum absolute atomic E-state index is 10.7. The van der Waals surface area contributed by atoms with E-state index in [1.165, 1.54) is 0 Å². The molecule has 0 aliphatic carbocycles. The summed E-state index contributed by atoms with van der Waals surface area (Å²) in [6, 6.07) is 0. The summed E-state index contributed by atoms with van der Waals surface area (Å²) in [7, 11) is 2.02. The van der Waals surface area contributed by atoms with Crippen LogP contribution in [0.1, 0.15) is 12.8 Å². The molecule has 2 nitrogen and oxygen atoms in total. The Kier molecular flexibility index (Phi) is 5.06. The molecule has 1 heterocycles. The SMILES string of the molecule is CN1CCCC(C(=O)Cl)C1.Cl. The standard InChI is InChI=1S/C7H12ClNO.ClH/c1-9-4-2-3-6(5-9)7(8)10;/h6H,2-5H2,1H3;1H. The van der Waals surface area contributed by atoms with E-state index in [1.807, 2.05) is 7.05 Å². The number of halogens is 2. The molecule has 0 spiro atoms. The van der Waals surface area contributed by atoms with Crippen molar-refractivity contribution in [2.75, 3.05) is 20.1 Å². The van der Waals surface area contributed by atoms with Crippen molar-refractivity contribution in [1.29, 1.82) is 0 Å². The van der Waals surface area contributed by atoms with E-state index < -0.39 is 0 Å². The van der Waals surface area contributed by atoms with Gasteiger partial charge in [-0.3, -0.25) is 4.79 Å². The third kappa shape index (κ3) is 3.41. The van der Waals surface area contributed by atoms with E-state index in [4.69, 9.17) is 11.6 Å². The van der Waals surface area contributed by atoms with Crippen molar-refractivity contribution < 1.29 is 4.79 Å². The topological polar surface area (TPSA) is 20.3 Å². The summed E-state index contributed by atoms with van der Waals surface area (Å²) < 4.78 is 0. The molecule has 66 valence electrons. The summed E-state index contributed by atoms with van der Waals surface area (Å²) in [5.41, 5.74) is 0. The van der Waals surface area contributed by atoms with Gasteiger partial charge in [0.2, 0.25) is 5.24 Å². The lowest BCUT2D eigenvalue weighted by atomic mass is 10.0. The Hall–Kier alpha value is 0.210. The first kappa shape index (κ1) is 11.2. The average Bonchev–Trinajstić information content (AvgIpc) is 1.88. The van der Waals surface area contributed by atoms with Crippen LogP contribution in [0.3, 0.4) is 0 Å². The van der Waals surface area contributed by atoms with Gasteiger partial charge in [0, 0.05) is 12.5 Å². The number of hydrogen-bond acceptors (Lipinski definition) is 2. The highest BCUT2D eigenvalue weighted by molar-refractivity contribution is 6.64. The Balaban J connectivity index is 0.000001000. The van der Waals surface area contributed by atoms with Crippen molar-refractivity contribution in [3.63, 3.8) is 0 Å². The third-order valence-corrected chi connectivity index (χ3v) is 2.25. The highest BCUT2D eigenvalue weighted by atomic mass is 35.5. The highest BCUT2D eigenvalue weighted by Crippen LogP contribution is 2.16. The van der Waals surface area contributed by atoms with Gasteiger partial charge in [-0.2, -0.15) is 0 Å². The quantitative estimate of drug-likeness (QED) is 0.595. The van der Waals surface area contributed by atoms with Crippen LogP contribution in [-0.4, -0.2) is 30.3 Å². The molecule has 0 radical (unpaired) electrons. The van der Waals surface area contributed by atoms with Crippen molar-refractivity contribution in [3.05, 3.63) is 0 Å². The maximum atomic E-state index is 10.7. The molecule has 11 heavy (non-hydrogen) atoms. The normalized spacial score (nSPS) is 25.8. The summed E-state index contributed by atoms with van der Waals surface area (Å²) in [6.07, 6.45) is 2.06. The molecule has 1 atom stereocenters. The molecule has 1 rings (SSSR count). The Labute approximate surface area is 78.3 Å². The summed E-state index contributed by atoms with van der Waals surface area (Å²) in [6.45, 7) is 1.93. The number of hydrogen-bond donors (Lipinski definition) is 0. The van der Waals surface area contributed by atoms with Gasteiger partial charge in [0.1, 0.15) is 0 Å². The zero-order valence-corrected chi connectivity index (χ0v) is 8.12. The number of likely N-dealkylation sites (tertiary alicyclic amines) is 1. The van der Waals surface area contributed by atoms with Crippen molar-refractivity contribution in [1.82, 2.24) is 4.90 Å². The van der Waals surface area contributed by atoms with Crippen molar-refractivity contribution >= 4 is 29.3 Å². The molecule has 1 aliphatic heterocycles. The molecule has 0 aromatic carbocycles. The summed E-state index contributed by atoms with van der Waals surface area (Å²) in [4.78, 5) is 12.8. The Bertz CT molecular complexity index is 140. The Morgan fingerprint density at radius 2 is 2.27 bits per heavy atom. The molecule has 0 bridgehead atoms. The van der Waals surface area contributed by atoms with Crippen molar-refractivity contribution in [2.45, 2.75) is 12.8 Å². The van der Waals surface area contributed by atoms with Crippen LogP contribution in [0, 0.1) is 5.92 Å². The molecule has 4 heteroatoms. The molecule has 0 N–H and O–H groups in total. The molecular weight excluding hydrogens is 185 g/mol. The van der Waals surface area contributed by atoms with E-state index in [0.29, 0.717) is 0 Å². The number of piperidine rings is 1. The predicted octanol–water partition coefficient (Wildman–Crippen LogP) is 1.52. The molecule has 0 saturated carbocycles. The Morgan fingerprint density at radius 3 is 2.64 bits per heavy atom. The molecule has 0 aromatic heterocycles. The fourth-order valence-corrected chi connectivity index (χ4v) is 1.53. The fourth-order valence-electron chi connectivity index (χ4n) is 1.35. The summed E-state index contributed by atoms with van der Waals surface area (Å²) in [5, 5.41) is -0.174. The van der Waals surface area contributed by atoms with Gasteiger partial charge in [0.05, 0.1) is 0 Å². The second-order valence-electron chi connectivity index (χ2n) is 2.91. The van der Waals surface area contributed by atoms with Gasteiger partial charge in [0.15, 0.2) is 0 Å². The highest BCUT2D eigenvalue weighted by Gasteiger charge is 2.21. The minimum absolute atomic E-state index is 0. The van der Waals surface area contributed by atoms with Crippen LogP contribution >= 0.6 is 24.0 Å². The van der Waals surface area contributed by atoms with Gasteiger partial charge in [-0.15, -0.1) is 12.4 Å². The van der Waals surface area contributed by atoms with Gasteiger partial charge in [0.25, 0.3) is 0 Å².